The van der Waals surface area contributed by atoms with Crippen molar-refractivity contribution in [3.8, 4) is 0 Å². The third-order valence-corrected chi connectivity index (χ3v) is 4.66. The van der Waals surface area contributed by atoms with Crippen LogP contribution in [-0.4, -0.2) is 38.1 Å². The highest BCUT2D eigenvalue weighted by Crippen LogP contribution is 2.35. The zero-order chi connectivity index (χ0) is 14.0. The Morgan fingerprint density at radius 3 is 2.26 bits per heavy atom. The molecule has 0 bridgehead atoms. The molecule has 0 spiro atoms. The Bertz CT molecular complexity index is 207. The molecule has 0 radical (unpaired) electrons. The minimum Gasteiger partial charge on any atom is -0.316 e. The maximum Gasteiger partial charge on any atom is 0.00471 e. The molecule has 1 aliphatic carbocycles. The maximum absolute atomic E-state index is 3.63. The van der Waals surface area contributed by atoms with Crippen LogP contribution in [0.5, 0.6) is 0 Å². The largest absolute Gasteiger partial charge is 0.316 e. The lowest BCUT2D eigenvalue weighted by atomic mass is 9.79. The quantitative estimate of drug-likeness (QED) is 0.501. The minimum absolute atomic E-state index is 0.549. The van der Waals surface area contributed by atoms with Gasteiger partial charge in [-0.2, -0.15) is 0 Å². The van der Waals surface area contributed by atoms with E-state index in [1.165, 1.54) is 77.4 Å². The van der Waals surface area contributed by atoms with Crippen LogP contribution in [0.2, 0.25) is 0 Å². The summed E-state index contributed by atoms with van der Waals surface area (Å²) >= 11 is 0. The van der Waals surface area contributed by atoms with Gasteiger partial charge in [0.1, 0.15) is 0 Å². The van der Waals surface area contributed by atoms with Crippen LogP contribution < -0.4 is 5.32 Å². The molecule has 1 aliphatic rings. The Kier molecular flexibility index (Phi) is 8.72. The second-order valence-corrected chi connectivity index (χ2v) is 6.64. The van der Waals surface area contributed by atoms with Gasteiger partial charge in [-0.15, -0.1) is 0 Å². The predicted molar refractivity (Wildman–Crippen MR) is 85.7 cm³/mol. The number of nitrogens with zero attached hydrogens (tertiary/aromatic N) is 1. The molecule has 1 rings (SSSR count). The molecule has 0 aromatic rings. The summed E-state index contributed by atoms with van der Waals surface area (Å²) in [5, 5.41) is 3.63. The van der Waals surface area contributed by atoms with Crippen LogP contribution in [0.25, 0.3) is 0 Å². The van der Waals surface area contributed by atoms with Crippen molar-refractivity contribution < 1.29 is 0 Å². The van der Waals surface area contributed by atoms with Crippen LogP contribution in [0.4, 0.5) is 0 Å². The van der Waals surface area contributed by atoms with Crippen molar-refractivity contribution in [3.05, 3.63) is 0 Å². The molecule has 0 aromatic heterocycles. The number of hydrogen-bond acceptors (Lipinski definition) is 2. The van der Waals surface area contributed by atoms with Crippen LogP contribution in [0.3, 0.4) is 0 Å². The first-order chi connectivity index (χ1) is 9.22. The third-order valence-electron chi connectivity index (χ3n) is 4.66. The molecule has 2 nitrogen and oxygen atoms in total. The van der Waals surface area contributed by atoms with Gasteiger partial charge in [0.15, 0.2) is 0 Å². The van der Waals surface area contributed by atoms with E-state index < -0.39 is 0 Å². The van der Waals surface area contributed by atoms with Crippen molar-refractivity contribution in [2.24, 2.45) is 5.41 Å². The minimum atomic E-state index is 0.549. The van der Waals surface area contributed by atoms with E-state index in [0.29, 0.717) is 5.41 Å². The molecule has 2 heteroatoms. The van der Waals surface area contributed by atoms with Crippen LogP contribution in [0.1, 0.15) is 71.6 Å². The zero-order valence-corrected chi connectivity index (χ0v) is 13.6. The van der Waals surface area contributed by atoms with Gasteiger partial charge < -0.3 is 10.2 Å². The van der Waals surface area contributed by atoms with Crippen LogP contribution in [0, 0.1) is 5.41 Å². The maximum atomic E-state index is 3.63. The Morgan fingerprint density at radius 2 is 1.68 bits per heavy atom. The molecule has 1 saturated carbocycles. The van der Waals surface area contributed by atoms with E-state index in [-0.39, 0.29) is 0 Å². The molecule has 19 heavy (non-hydrogen) atoms. The second-order valence-electron chi connectivity index (χ2n) is 6.64. The van der Waals surface area contributed by atoms with Crippen molar-refractivity contribution in [1.82, 2.24) is 10.2 Å². The van der Waals surface area contributed by atoms with Gasteiger partial charge in [-0.3, -0.25) is 0 Å². The fraction of sp³-hybridized carbons (Fsp3) is 1.00. The molecule has 114 valence electrons. The van der Waals surface area contributed by atoms with Gasteiger partial charge in [0.2, 0.25) is 0 Å². The van der Waals surface area contributed by atoms with Crippen molar-refractivity contribution in [2.75, 3.05) is 33.2 Å². The van der Waals surface area contributed by atoms with E-state index >= 15 is 0 Å². The van der Waals surface area contributed by atoms with Gasteiger partial charge >= 0.3 is 0 Å². The molecule has 0 aromatic carbocycles. The second kappa shape index (κ2) is 9.77. The molecule has 1 N–H and O–H groups in total. The zero-order valence-electron chi connectivity index (χ0n) is 13.6. The summed E-state index contributed by atoms with van der Waals surface area (Å²) in [6.07, 6.45) is 12.7. The Balaban J connectivity index is 2.46. The van der Waals surface area contributed by atoms with E-state index in [4.69, 9.17) is 0 Å². The first-order valence-corrected chi connectivity index (χ1v) is 8.62. The number of unbranched alkanes of at least 4 members (excludes halogenated alkanes) is 2. The lowest BCUT2D eigenvalue weighted by Gasteiger charge is -2.37. The van der Waals surface area contributed by atoms with E-state index in [9.17, 15) is 0 Å². The molecule has 0 saturated heterocycles. The molecule has 1 fully saturated rings. The summed E-state index contributed by atoms with van der Waals surface area (Å²) in [5.74, 6) is 0. The van der Waals surface area contributed by atoms with Crippen molar-refractivity contribution in [1.29, 1.82) is 0 Å². The van der Waals surface area contributed by atoms with E-state index in [1.807, 2.05) is 0 Å². The van der Waals surface area contributed by atoms with Gasteiger partial charge in [-0.05, 0) is 44.8 Å². The molecule has 0 amide bonds. The van der Waals surface area contributed by atoms with Gasteiger partial charge in [-0.1, -0.05) is 52.4 Å². The predicted octanol–water partition coefficient (Wildman–Crippen LogP) is 4.06. The van der Waals surface area contributed by atoms with Crippen molar-refractivity contribution in [2.45, 2.75) is 71.6 Å². The fourth-order valence-corrected chi connectivity index (χ4v) is 3.54. The van der Waals surface area contributed by atoms with E-state index in [1.54, 1.807) is 0 Å². The lowest BCUT2D eigenvalue weighted by Crippen LogP contribution is -2.43. The SMILES string of the molecule is CCCCCN(C)CC1(CNCC)CCCCCC1. The summed E-state index contributed by atoms with van der Waals surface area (Å²) in [5.41, 5.74) is 0.549. The monoisotopic (exact) mass is 268 g/mol. The molecular formula is C17H36N2. The van der Waals surface area contributed by atoms with Crippen LogP contribution in [0.15, 0.2) is 0 Å². The number of nitrogens with one attached hydrogen (secondary N) is 1. The van der Waals surface area contributed by atoms with Gasteiger partial charge in [-0.25, -0.2) is 0 Å². The Hall–Kier alpha value is -0.0800. The Morgan fingerprint density at radius 1 is 1.00 bits per heavy atom. The highest BCUT2D eigenvalue weighted by Gasteiger charge is 2.31. The molecule has 0 unspecified atom stereocenters. The summed E-state index contributed by atoms with van der Waals surface area (Å²) in [6, 6.07) is 0. The first-order valence-electron chi connectivity index (χ1n) is 8.62. The molecular weight excluding hydrogens is 232 g/mol. The van der Waals surface area contributed by atoms with Gasteiger partial charge in [0.05, 0.1) is 0 Å². The molecule has 0 heterocycles. The standard InChI is InChI=1S/C17H36N2/c1-4-6-11-14-19(3)16-17(15-18-5-2)12-9-7-8-10-13-17/h18H,4-16H2,1-3H3. The first kappa shape index (κ1) is 17.0. The van der Waals surface area contributed by atoms with E-state index in [0.717, 1.165) is 6.54 Å². The summed E-state index contributed by atoms with van der Waals surface area (Å²) in [7, 11) is 2.33. The lowest BCUT2D eigenvalue weighted by molar-refractivity contribution is 0.145. The van der Waals surface area contributed by atoms with Gasteiger partial charge in [0, 0.05) is 13.1 Å². The fourth-order valence-electron chi connectivity index (χ4n) is 3.54. The average Bonchev–Trinajstić information content (AvgIpc) is 2.63. The van der Waals surface area contributed by atoms with E-state index in [2.05, 4.69) is 31.1 Å². The van der Waals surface area contributed by atoms with Gasteiger partial charge in [0.25, 0.3) is 0 Å². The smallest absolute Gasteiger partial charge is 0.00471 e. The molecule has 0 aliphatic heterocycles. The topological polar surface area (TPSA) is 15.3 Å². The van der Waals surface area contributed by atoms with Crippen molar-refractivity contribution >= 4 is 0 Å². The number of hydrogen-bond donors (Lipinski definition) is 1. The third kappa shape index (κ3) is 6.76. The summed E-state index contributed by atoms with van der Waals surface area (Å²) in [6.45, 7) is 9.43. The normalized spacial score (nSPS) is 19.6. The average molecular weight is 268 g/mol. The van der Waals surface area contributed by atoms with Crippen LogP contribution >= 0.6 is 0 Å². The Labute approximate surface area is 121 Å². The van der Waals surface area contributed by atoms with Crippen molar-refractivity contribution in [3.63, 3.8) is 0 Å². The highest BCUT2D eigenvalue weighted by atomic mass is 15.1. The number of rotatable bonds is 9. The summed E-state index contributed by atoms with van der Waals surface area (Å²) < 4.78 is 0. The highest BCUT2D eigenvalue weighted by molar-refractivity contribution is 4.86. The van der Waals surface area contributed by atoms with Crippen LogP contribution in [-0.2, 0) is 0 Å². The molecule has 0 atom stereocenters. The summed E-state index contributed by atoms with van der Waals surface area (Å²) in [4.78, 5) is 2.60.